The van der Waals surface area contributed by atoms with E-state index in [9.17, 15) is 4.79 Å². The fourth-order valence-corrected chi connectivity index (χ4v) is 3.34. The minimum absolute atomic E-state index is 0.163. The summed E-state index contributed by atoms with van der Waals surface area (Å²) in [7, 11) is 0. The molecule has 2 aliphatic heterocycles. The SMILES string of the molecule is CC1(C(=O)N2CC=C(c3ccccc3)CC2)CCNCC1. The summed E-state index contributed by atoms with van der Waals surface area (Å²) in [6.07, 6.45) is 5.10. The number of benzene rings is 1. The number of amides is 1. The molecule has 21 heavy (non-hydrogen) atoms. The first-order chi connectivity index (χ1) is 10.2. The zero-order valence-corrected chi connectivity index (χ0v) is 12.8. The van der Waals surface area contributed by atoms with Gasteiger partial charge in [0.25, 0.3) is 0 Å². The molecule has 0 spiro atoms. The number of hydrogen-bond acceptors (Lipinski definition) is 2. The maximum Gasteiger partial charge on any atom is 0.228 e. The Morgan fingerprint density at radius 1 is 1.19 bits per heavy atom. The molecule has 1 aromatic carbocycles. The molecule has 1 amide bonds. The molecule has 112 valence electrons. The molecule has 1 fully saturated rings. The second-order valence-electron chi connectivity index (χ2n) is 6.41. The molecule has 0 aliphatic carbocycles. The van der Waals surface area contributed by atoms with Crippen molar-refractivity contribution in [1.29, 1.82) is 0 Å². The van der Waals surface area contributed by atoms with Gasteiger partial charge in [-0.1, -0.05) is 43.3 Å². The van der Waals surface area contributed by atoms with Crippen LogP contribution in [0.25, 0.3) is 5.57 Å². The van der Waals surface area contributed by atoms with E-state index in [1.165, 1.54) is 11.1 Å². The number of piperidine rings is 1. The molecule has 0 bridgehead atoms. The van der Waals surface area contributed by atoms with Crippen molar-refractivity contribution >= 4 is 11.5 Å². The van der Waals surface area contributed by atoms with Gasteiger partial charge in [0.2, 0.25) is 5.91 Å². The number of carbonyl (C=O) groups is 1. The highest BCUT2D eigenvalue weighted by Gasteiger charge is 2.37. The third-order valence-corrected chi connectivity index (χ3v) is 4.86. The molecule has 0 saturated carbocycles. The van der Waals surface area contributed by atoms with Gasteiger partial charge >= 0.3 is 0 Å². The standard InChI is InChI=1S/C18H24N2O/c1-18(9-11-19-12-10-18)17(21)20-13-7-16(8-14-20)15-5-3-2-4-6-15/h2-7,19H,8-14H2,1H3. The van der Waals surface area contributed by atoms with Gasteiger partial charge in [-0.3, -0.25) is 4.79 Å². The predicted molar refractivity (Wildman–Crippen MR) is 85.8 cm³/mol. The average Bonchev–Trinajstić information content (AvgIpc) is 2.56. The lowest BCUT2D eigenvalue weighted by molar-refractivity contribution is -0.142. The van der Waals surface area contributed by atoms with Crippen LogP contribution in [-0.2, 0) is 4.79 Å². The molecule has 1 aromatic rings. The number of rotatable bonds is 2. The van der Waals surface area contributed by atoms with E-state index in [1.54, 1.807) is 0 Å². The van der Waals surface area contributed by atoms with Crippen LogP contribution in [0.2, 0.25) is 0 Å². The quantitative estimate of drug-likeness (QED) is 0.905. The van der Waals surface area contributed by atoms with Gasteiger partial charge in [-0.05, 0) is 43.5 Å². The van der Waals surface area contributed by atoms with Gasteiger partial charge in [0.05, 0.1) is 0 Å². The Morgan fingerprint density at radius 2 is 1.90 bits per heavy atom. The molecule has 1 saturated heterocycles. The van der Waals surface area contributed by atoms with Crippen LogP contribution in [0.3, 0.4) is 0 Å². The van der Waals surface area contributed by atoms with Crippen LogP contribution >= 0.6 is 0 Å². The maximum atomic E-state index is 12.8. The lowest BCUT2D eigenvalue weighted by atomic mass is 9.79. The third kappa shape index (κ3) is 3.03. The number of nitrogens with zero attached hydrogens (tertiary/aromatic N) is 1. The first-order valence-electron chi connectivity index (χ1n) is 7.94. The van der Waals surface area contributed by atoms with Crippen molar-refractivity contribution < 1.29 is 4.79 Å². The van der Waals surface area contributed by atoms with Gasteiger partial charge in [-0.25, -0.2) is 0 Å². The summed E-state index contributed by atoms with van der Waals surface area (Å²) < 4.78 is 0. The third-order valence-electron chi connectivity index (χ3n) is 4.86. The van der Waals surface area contributed by atoms with Crippen molar-refractivity contribution in [3.8, 4) is 0 Å². The van der Waals surface area contributed by atoms with E-state index in [-0.39, 0.29) is 5.41 Å². The molecule has 0 radical (unpaired) electrons. The smallest absolute Gasteiger partial charge is 0.228 e. The minimum Gasteiger partial charge on any atom is -0.338 e. The Labute approximate surface area is 127 Å². The maximum absolute atomic E-state index is 12.8. The van der Waals surface area contributed by atoms with Crippen LogP contribution in [0.1, 0.15) is 31.7 Å². The van der Waals surface area contributed by atoms with Gasteiger partial charge in [-0.2, -0.15) is 0 Å². The highest BCUT2D eigenvalue weighted by molar-refractivity contribution is 5.83. The normalized spacial score (nSPS) is 21.8. The van der Waals surface area contributed by atoms with Crippen molar-refractivity contribution in [2.24, 2.45) is 5.41 Å². The molecular weight excluding hydrogens is 260 g/mol. The highest BCUT2D eigenvalue weighted by atomic mass is 16.2. The van der Waals surface area contributed by atoms with Gasteiger partial charge in [0, 0.05) is 18.5 Å². The van der Waals surface area contributed by atoms with Crippen LogP contribution in [-0.4, -0.2) is 37.0 Å². The number of hydrogen-bond donors (Lipinski definition) is 1. The Hall–Kier alpha value is -1.61. The van der Waals surface area contributed by atoms with Crippen LogP contribution < -0.4 is 5.32 Å². The van der Waals surface area contributed by atoms with Gasteiger partial charge in [0.15, 0.2) is 0 Å². The Bertz CT molecular complexity index is 529. The highest BCUT2D eigenvalue weighted by Crippen LogP contribution is 2.32. The van der Waals surface area contributed by atoms with E-state index < -0.39 is 0 Å². The monoisotopic (exact) mass is 284 g/mol. The van der Waals surface area contributed by atoms with E-state index >= 15 is 0 Å². The van der Waals surface area contributed by atoms with E-state index in [0.29, 0.717) is 5.91 Å². The van der Waals surface area contributed by atoms with E-state index in [0.717, 1.165) is 45.4 Å². The molecule has 3 heteroatoms. The molecule has 2 aliphatic rings. The van der Waals surface area contributed by atoms with Crippen LogP contribution in [0.15, 0.2) is 36.4 Å². The van der Waals surface area contributed by atoms with E-state index in [1.807, 2.05) is 11.0 Å². The summed E-state index contributed by atoms with van der Waals surface area (Å²) >= 11 is 0. The second kappa shape index (κ2) is 6.02. The molecule has 0 unspecified atom stereocenters. The first-order valence-corrected chi connectivity index (χ1v) is 7.94. The lowest BCUT2D eigenvalue weighted by Gasteiger charge is -2.38. The second-order valence-corrected chi connectivity index (χ2v) is 6.41. The molecule has 3 nitrogen and oxygen atoms in total. The average molecular weight is 284 g/mol. The summed E-state index contributed by atoms with van der Waals surface area (Å²) in [6.45, 7) is 5.66. The summed E-state index contributed by atoms with van der Waals surface area (Å²) in [6, 6.07) is 10.5. The van der Waals surface area contributed by atoms with Gasteiger partial charge in [-0.15, -0.1) is 0 Å². The number of nitrogens with one attached hydrogen (secondary N) is 1. The minimum atomic E-state index is -0.163. The largest absolute Gasteiger partial charge is 0.338 e. The van der Waals surface area contributed by atoms with Crippen LogP contribution in [0.4, 0.5) is 0 Å². The first kappa shape index (κ1) is 14.3. The predicted octanol–water partition coefficient (Wildman–Crippen LogP) is 2.69. The summed E-state index contributed by atoms with van der Waals surface area (Å²) in [5.74, 6) is 0.340. The summed E-state index contributed by atoms with van der Waals surface area (Å²) in [5.41, 5.74) is 2.50. The zero-order valence-electron chi connectivity index (χ0n) is 12.8. The Kier molecular flexibility index (Phi) is 4.11. The molecule has 3 rings (SSSR count). The van der Waals surface area contributed by atoms with Crippen LogP contribution in [0, 0.1) is 5.41 Å². The topological polar surface area (TPSA) is 32.3 Å². The van der Waals surface area contributed by atoms with E-state index in [4.69, 9.17) is 0 Å². The molecule has 0 atom stereocenters. The zero-order chi connectivity index (χ0) is 14.7. The summed E-state index contributed by atoms with van der Waals surface area (Å²) in [5, 5.41) is 3.34. The van der Waals surface area contributed by atoms with Crippen molar-refractivity contribution in [3.05, 3.63) is 42.0 Å². The van der Waals surface area contributed by atoms with Gasteiger partial charge in [0.1, 0.15) is 0 Å². The van der Waals surface area contributed by atoms with Crippen molar-refractivity contribution in [3.63, 3.8) is 0 Å². The molecule has 1 N–H and O–H groups in total. The fourth-order valence-electron chi connectivity index (χ4n) is 3.34. The molecule has 0 aromatic heterocycles. The number of carbonyl (C=O) groups excluding carboxylic acids is 1. The molecule has 2 heterocycles. The Balaban J connectivity index is 1.67. The van der Waals surface area contributed by atoms with Crippen molar-refractivity contribution in [2.45, 2.75) is 26.2 Å². The van der Waals surface area contributed by atoms with Crippen molar-refractivity contribution in [1.82, 2.24) is 10.2 Å². The van der Waals surface area contributed by atoms with Crippen LogP contribution in [0.5, 0.6) is 0 Å². The van der Waals surface area contributed by atoms with Crippen molar-refractivity contribution in [2.75, 3.05) is 26.2 Å². The Morgan fingerprint density at radius 3 is 2.52 bits per heavy atom. The lowest BCUT2D eigenvalue weighted by Crippen LogP contribution is -2.48. The fraction of sp³-hybridized carbons (Fsp3) is 0.500. The summed E-state index contributed by atoms with van der Waals surface area (Å²) in [4.78, 5) is 14.8. The van der Waals surface area contributed by atoms with Gasteiger partial charge < -0.3 is 10.2 Å². The molecular formula is C18H24N2O. The van der Waals surface area contributed by atoms with E-state index in [2.05, 4.69) is 42.6 Å².